The number of carbonyl (C=O) groups excluding carboxylic acids is 2. The number of nitrogens with zero attached hydrogens (tertiary/aromatic N) is 2. The fraction of sp³-hybridized carbons (Fsp3) is 0.579. The summed E-state index contributed by atoms with van der Waals surface area (Å²) in [5.41, 5.74) is 0.253. The molecule has 0 bridgehead atoms. The van der Waals surface area contributed by atoms with Gasteiger partial charge in [0.25, 0.3) is 0 Å². The summed E-state index contributed by atoms with van der Waals surface area (Å²) in [6.07, 6.45) is 1.35. The lowest BCUT2D eigenvalue weighted by atomic mass is 10.0. The zero-order chi connectivity index (χ0) is 17.2. The molecule has 1 heterocycles. The number of rotatable bonds is 5. The summed E-state index contributed by atoms with van der Waals surface area (Å²) >= 11 is 0. The summed E-state index contributed by atoms with van der Waals surface area (Å²) < 4.78 is 0. The van der Waals surface area contributed by atoms with E-state index in [-0.39, 0.29) is 17.9 Å². The van der Waals surface area contributed by atoms with E-state index in [4.69, 9.17) is 0 Å². The molecular weight excluding hydrogens is 302 g/mol. The third-order valence-electron chi connectivity index (χ3n) is 5.35. The third kappa shape index (κ3) is 3.31. The van der Waals surface area contributed by atoms with Crippen molar-refractivity contribution in [2.75, 3.05) is 32.7 Å². The minimum Gasteiger partial charge on any atom is -0.349 e. The largest absolute Gasteiger partial charge is 0.349 e. The first kappa shape index (κ1) is 17.0. The fourth-order valence-corrected chi connectivity index (χ4v) is 3.39. The second-order valence-corrected chi connectivity index (χ2v) is 6.91. The van der Waals surface area contributed by atoms with Crippen molar-refractivity contribution in [1.82, 2.24) is 15.1 Å². The molecule has 0 aromatic heterocycles. The lowest BCUT2D eigenvalue weighted by Crippen LogP contribution is -2.53. The van der Waals surface area contributed by atoms with Crippen LogP contribution in [0.1, 0.15) is 38.3 Å². The predicted molar refractivity (Wildman–Crippen MR) is 93.4 cm³/mol. The average molecular weight is 329 g/mol. The number of benzene rings is 1. The second-order valence-electron chi connectivity index (χ2n) is 6.91. The van der Waals surface area contributed by atoms with E-state index in [2.05, 4.69) is 17.1 Å². The Morgan fingerprint density at radius 2 is 1.75 bits per heavy atom. The van der Waals surface area contributed by atoms with Crippen LogP contribution < -0.4 is 5.32 Å². The minimum atomic E-state index is -0.808. The lowest BCUT2D eigenvalue weighted by Gasteiger charge is -2.36. The first-order valence-corrected chi connectivity index (χ1v) is 8.94. The number of piperazine rings is 1. The molecule has 1 aliphatic heterocycles. The van der Waals surface area contributed by atoms with Gasteiger partial charge in [0.15, 0.2) is 0 Å². The number of hydrogen-bond donors (Lipinski definition) is 1. The molecule has 1 aromatic carbocycles. The smallest absolute Gasteiger partial charge is 0.238 e. The van der Waals surface area contributed by atoms with Crippen LogP contribution in [0.2, 0.25) is 0 Å². The molecule has 1 N–H and O–H groups in total. The van der Waals surface area contributed by atoms with Gasteiger partial charge in [-0.3, -0.25) is 9.59 Å². The Morgan fingerprint density at radius 3 is 2.29 bits per heavy atom. The van der Waals surface area contributed by atoms with Crippen molar-refractivity contribution in [3.8, 4) is 0 Å². The standard InChI is InChI=1S/C19H27N3O2/c1-3-21-11-13-22(14-12-21)18(24)19(9-10-19)17(23)20-15(2)16-7-5-4-6-8-16/h4-8,15H,3,9-14H2,1-2H3,(H,20,23). The van der Waals surface area contributed by atoms with Gasteiger partial charge < -0.3 is 15.1 Å². The molecule has 3 rings (SSSR count). The summed E-state index contributed by atoms with van der Waals surface area (Å²) in [5, 5.41) is 3.04. The molecule has 1 aromatic rings. The van der Waals surface area contributed by atoms with Gasteiger partial charge in [-0.1, -0.05) is 37.3 Å². The maximum atomic E-state index is 12.9. The monoisotopic (exact) mass is 329 g/mol. The average Bonchev–Trinajstić information content (AvgIpc) is 3.44. The Balaban J connectivity index is 1.61. The normalized spacial score (nSPS) is 21.2. The van der Waals surface area contributed by atoms with E-state index >= 15 is 0 Å². The van der Waals surface area contributed by atoms with Crippen LogP contribution in [0.4, 0.5) is 0 Å². The highest BCUT2D eigenvalue weighted by Crippen LogP contribution is 2.48. The summed E-state index contributed by atoms with van der Waals surface area (Å²) in [7, 11) is 0. The second kappa shape index (κ2) is 6.93. The zero-order valence-electron chi connectivity index (χ0n) is 14.6. The number of amides is 2. The molecular formula is C19H27N3O2. The molecule has 2 aliphatic rings. The van der Waals surface area contributed by atoms with Gasteiger partial charge in [0.05, 0.1) is 6.04 Å². The van der Waals surface area contributed by atoms with Crippen molar-refractivity contribution in [2.24, 2.45) is 5.41 Å². The number of likely N-dealkylation sites (N-methyl/N-ethyl adjacent to an activating group) is 1. The molecule has 2 amide bonds. The van der Waals surface area contributed by atoms with Crippen LogP contribution in [0, 0.1) is 5.41 Å². The van der Waals surface area contributed by atoms with Gasteiger partial charge >= 0.3 is 0 Å². The van der Waals surface area contributed by atoms with E-state index in [0.29, 0.717) is 12.8 Å². The Bertz CT molecular complexity index is 590. The van der Waals surface area contributed by atoms with E-state index in [9.17, 15) is 9.59 Å². The Morgan fingerprint density at radius 1 is 1.12 bits per heavy atom. The van der Waals surface area contributed by atoms with Gasteiger partial charge in [-0.25, -0.2) is 0 Å². The first-order chi connectivity index (χ1) is 11.6. The van der Waals surface area contributed by atoms with Crippen LogP contribution in [-0.4, -0.2) is 54.3 Å². The maximum Gasteiger partial charge on any atom is 0.238 e. The van der Waals surface area contributed by atoms with Crippen molar-refractivity contribution >= 4 is 11.8 Å². The molecule has 130 valence electrons. The van der Waals surface area contributed by atoms with Gasteiger partial charge in [0.1, 0.15) is 5.41 Å². The molecule has 0 spiro atoms. The van der Waals surface area contributed by atoms with Crippen LogP contribution in [0.25, 0.3) is 0 Å². The molecule has 5 heteroatoms. The summed E-state index contributed by atoms with van der Waals surface area (Å²) in [6.45, 7) is 8.39. The van der Waals surface area contributed by atoms with E-state index < -0.39 is 5.41 Å². The van der Waals surface area contributed by atoms with Crippen LogP contribution in [-0.2, 0) is 9.59 Å². The lowest BCUT2D eigenvalue weighted by molar-refractivity contribution is -0.145. The van der Waals surface area contributed by atoms with Gasteiger partial charge in [-0.2, -0.15) is 0 Å². The summed E-state index contributed by atoms with van der Waals surface area (Å²) in [4.78, 5) is 29.8. The van der Waals surface area contributed by atoms with Crippen molar-refractivity contribution in [1.29, 1.82) is 0 Å². The summed E-state index contributed by atoms with van der Waals surface area (Å²) in [5.74, 6) is -0.0854. The van der Waals surface area contributed by atoms with Gasteiger partial charge in [0, 0.05) is 26.2 Å². The van der Waals surface area contributed by atoms with E-state index in [0.717, 1.165) is 38.3 Å². The Labute approximate surface area is 144 Å². The zero-order valence-corrected chi connectivity index (χ0v) is 14.6. The minimum absolute atomic E-state index is 0.0241. The molecule has 1 unspecified atom stereocenters. The van der Waals surface area contributed by atoms with Gasteiger partial charge in [-0.15, -0.1) is 0 Å². The van der Waals surface area contributed by atoms with Crippen molar-refractivity contribution in [3.63, 3.8) is 0 Å². The summed E-state index contributed by atoms with van der Waals surface area (Å²) in [6, 6.07) is 9.79. The van der Waals surface area contributed by atoms with Crippen molar-refractivity contribution < 1.29 is 9.59 Å². The third-order valence-corrected chi connectivity index (χ3v) is 5.35. The molecule has 1 atom stereocenters. The SMILES string of the molecule is CCN1CCN(C(=O)C2(C(=O)NC(C)c3ccccc3)CC2)CC1. The molecule has 2 fully saturated rings. The highest BCUT2D eigenvalue weighted by molar-refractivity contribution is 6.08. The Hall–Kier alpha value is -1.88. The van der Waals surface area contributed by atoms with Crippen molar-refractivity contribution in [2.45, 2.75) is 32.7 Å². The molecule has 5 nitrogen and oxygen atoms in total. The molecule has 1 aliphatic carbocycles. The molecule has 24 heavy (non-hydrogen) atoms. The van der Waals surface area contributed by atoms with E-state index in [1.54, 1.807) is 0 Å². The first-order valence-electron chi connectivity index (χ1n) is 8.94. The predicted octanol–water partition coefficient (Wildman–Crippen LogP) is 1.81. The van der Waals surface area contributed by atoms with Gasteiger partial charge in [0.2, 0.25) is 11.8 Å². The van der Waals surface area contributed by atoms with E-state index in [1.807, 2.05) is 42.2 Å². The fourth-order valence-electron chi connectivity index (χ4n) is 3.39. The highest BCUT2D eigenvalue weighted by atomic mass is 16.2. The Kier molecular flexibility index (Phi) is 4.90. The quantitative estimate of drug-likeness (QED) is 0.838. The molecule has 1 saturated heterocycles. The van der Waals surface area contributed by atoms with Crippen molar-refractivity contribution in [3.05, 3.63) is 35.9 Å². The number of carbonyl (C=O) groups is 2. The molecule has 0 radical (unpaired) electrons. The molecule has 1 saturated carbocycles. The van der Waals surface area contributed by atoms with Crippen LogP contribution in [0.5, 0.6) is 0 Å². The topological polar surface area (TPSA) is 52.7 Å². The van der Waals surface area contributed by atoms with Crippen LogP contribution >= 0.6 is 0 Å². The maximum absolute atomic E-state index is 12.9. The van der Waals surface area contributed by atoms with Crippen LogP contribution in [0.3, 0.4) is 0 Å². The number of hydrogen-bond acceptors (Lipinski definition) is 3. The highest BCUT2D eigenvalue weighted by Gasteiger charge is 2.58. The number of nitrogens with one attached hydrogen (secondary N) is 1. The van der Waals surface area contributed by atoms with Gasteiger partial charge in [-0.05, 0) is 31.9 Å². The van der Waals surface area contributed by atoms with E-state index in [1.165, 1.54) is 0 Å². The van der Waals surface area contributed by atoms with Crippen LogP contribution in [0.15, 0.2) is 30.3 Å².